The largest absolute Gasteiger partial charge is 0.393 e. The van der Waals surface area contributed by atoms with Gasteiger partial charge in [-0.2, -0.15) is 0 Å². The molecule has 0 aromatic rings. The highest BCUT2D eigenvalue weighted by atomic mass is 16.3. The first-order valence-electron chi connectivity index (χ1n) is 5.37. The normalized spacial score (nSPS) is 24.4. The van der Waals surface area contributed by atoms with Crippen molar-refractivity contribution in [3.63, 3.8) is 0 Å². The molecule has 2 N–H and O–H groups in total. The summed E-state index contributed by atoms with van der Waals surface area (Å²) in [7, 11) is 1.81. The van der Waals surface area contributed by atoms with Crippen LogP contribution < -0.4 is 5.32 Å². The van der Waals surface area contributed by atoms with Gasteiger partial charge in [-0.25, -0.2) is 0 Å². The number of amides is 1. The van der Waals surface area contributed by atoms with E-state index < -0.39 is 0 Å². The standard InChI is InChI=1S/C11H20N2O2/c1-3-4-12-7-11(15)13(2)8-9-5-10(14)6-9/h3,9-10,12,14H,1,4-8H2,2H3. The molecule has 1 aliphatic carbocycles. The van der Waals surface area contributed by atoms with Crippen LogP contribution in [0, 0.1) is 5.92 Å². The fraction of sp³-hybridized carbons (Fsp3) is 0.727. The zero-order valence-electron chi connectivity index (χ0n) is 9.28. The lowest BCUT2D eigenvalue weighted by Gasteiger charge is -2.34. The molecule has 15 heavy (non-hydrogen) atoms. The Morgan fingerprint density at radius 1 is 1.67 bits per heavy atom. The molecule has 1 rings (SSSR count). The van der Waals surface area contributed by atoms with E-state index in [1.807, 2.05) is 7.05 Å². The van der Waals surface area contributed by atoms with Gasteiger partial charge < -0.3 is 15.3 Å². The number of nitrogens with zero attached hydrogens (tertiary/aromatic N) is 1. The Labute approximate surface area is 91.0 Å². The molecule has 0 aromatic heterocycles. The smallest absolute Gasteiger partial charge is 0.236 e. The maximum Gasteiger partial charge on any atom is 0.236 e. The molecular formula is C11H20N2O2. The maximum atomic E-state index is 11.5. The number of nitrogens with one attached hydrogen (secondary N) is 1. The van der Waals surface area contributed by atoms with Crippen LogP contribution >= 0.6 is 0 Å². The summed E-state index contributed by atoms with van der Waals surface area (Å²) in [6.45, 7) is 5.34. The van der Waals surface area contributed by atoms with Crippen LogP contribution in [-0.2, 0) is 4.79 Å². The predicted octanol–water partition coefficient (Wildman–Crippen LogP) is -0.00870. The van der Waals surface area contributed by atoms with Crippen molar-refractivity contribution in [2.24, 2.45) is 5.92 Å². The molecular weight excluding hydrogens is 192 g/mol. The van der Waals surface area contributed by atoms with Gasteiger partial charge in [0.25, 0.3) is 0 Å². The average molecular weight is 212 g/mol. The monoisotopic (exact) mass is 212 g/mol. The van der Waals surface area contributed by atoms with Gasteiger partial charge in [0.1, 0.15) is 0 Å². The number of aliphatic hydroxyl groups is 1. The summed E-state index contributed by atoms with van der Waals surface area (Å²) < 4.78 is 0. The Hall–Kier alpha value is -0.870. The average Bonchev–Trinajstić information content (AvgIpc) is 2.15. The second-order valence-electron chi connectivity index (χ2n) is 4.19. The van der Waals surface area contributed by atoms with Crippen molar-refractivity contribution < 1.29 is 9.90 Å². The van der Waals surface area contributed by atoms with Gasteiger partial charge in [-0.15, -0.1) is 6.58 Å². The van der Waals surface area contributed by atoms with E-state index in [1.54, 1.807) is 11.0 Å². The molecule has 4 nitrogen and oxygen atoms in total. The number of carbonyl (C=O) groups is 1. The second kappa shape index (κ2) is 5.88. The zero-order valence-corrected chi connectivity index (χ0v) is 9.28. The minimum atomic E-state index is -0.141. The van der Waals surface area contributed by atoms with Crippen molar-refractivity contribution in [2.45, 2.75) is 18.9 Å². The summed E-state index contributed by atoms with van der Waals surface area (Å²) in [5.41, 5.74) is 0. The lowest BCUT2D eigenvalue weighted by molar-refractivity contribution is -0.130. The molecule has 0 bridgehead atoms. The van der Waals surface area contributed by atoms with Gasteiger partial charge in [-0.3, -0.25) is 4.79 Å². The summed E-state index contributed by atoms with van der Waals surface area (Å²) in [6, 6.07) is 0. The summed E-state index contributed by atoms with van der Waals surface area (Å²) in [4.78, 5) is 13.3. The highest BCUT2D eigenvalue weighted by molar-refractivity contribution is 5.77. The second-order valence-corrected chi connectivity index (χ2v) is 4.19. The first-order valence-corrected chi connectivity index (χ1v) is 5.37. The highest BCUT2D eigenvalue weighted by Crippen LogP contribution is 2.27. The summed E-state index contributed by atoms with van der Waals surface area (Å²) >= 11 is 0. The number of aliphatic hydroxyl groups excluding tert-OH is 1. The Balaban J connectivity index is 2.12. The molecule has 0 spiro atoms. The maximum absolute atomic E-state index is 11.5. The Kier molecular flexibility index (Phi) is 4.78. The quantitative estimate of drug-likeness (QED) is 0.481. The van der Waals surface area contributed by atoms with Gasteiger partial charge in [0.05, 0.1) is 12.6 Å². The van der Waals surface area contributed by atoms with E-state index in [4.69, 9.17) is 5.11 Å². The Morgan fingerprint density at radius 2 is 2.33 bits per heavy atom. The molecule has 1 aliphatic rings. The van der Waals surface area contributed by atoms with Crippen molar-refractivity contribution in [3.8, 4) is 0 Å². The van der Waals surface area contributed by atoms with Crippen LogP contribution in [0.5, 0.6) is 0 Å². The molecule has 0 aromatic carbocycles. The van der Waals surface area contributed by atoms with Gasteiger partial charge in [0, 0.05) is 20.1 Å². The molecule has 1 saturated carbocycles. The SMILES string of the molecule is C=CCNCC(=O)N(C)CC1CC(O)C1. The van der Waals surface area contributed by atoms with Crippen molar-refractivity contribution in [1.29, 1.82) is 0 Å². The van der Waals surface area contributed by atoms with Crippen LogP contribution in [0.15, 0.2) is 12.7 Å². The third kappa shape index (κ3) is 4.01. The van der Waals surface area contributed by atoms with Crippen molar-refractivity contribution in [3.05, 3.63) is 12.7 Å². The van der Waals surface area contributed by atoms with E-state index >= 15 is 0 Å². The van der Waals surface area contributed by atoms with Crippen molar-refractivity contribution in [1.82, 2.24) is 10.2 Å². The van der Waals surface area contributed by atoms with E-state index in [2.05, 4.69) is 11.9 Å². The molecule has 1 amide bonds. The third-order valence-electron chi connectivity index (χ3n) is 2.73. The first kappa shape index (κ1) is 12.2. The van der Waals surface area contributed by atoms with Gasteiger partial charge >= 0.3 is 0 Å². The highest BCUT2D eigenvalue weighted by Gasteiger charge is 2.28. The van der Waals surface area contributed by atoms with Crippen LogP contribution in [-0.4, -0.2) is 48.7 Å². The number of likely N-dealkylation sites (N-methyl/N-ethyl adjacent to an activating group) is 1. The van der Waals surface area contributed by atoms with E-state index in [0.29, 0.717) is 19.0 Å². The molecule has 0 saturated heterocycles. The molecule has 0 unspecified atom stereocenters. The topological polar surface area (TPSA) is 52.6 Å². The van der Waals surface area contributed by atoms with Crippen LogP contribution in [0.2, 0.25) is 0 Å². The molecule has 0 heterocycles. The lowest BCUT2D eigenvalue weighted by atomic mass is 9.82. The number of rotatable bonds is 6. The number of hydrogen-bond donors (Lipinski definition) is 2. The van der Waals surface area contributed by atoms with Gasteiger partial charge in [-0.1, -0.05) is 6.08 Å². The molecule has 0 atom stereocenters. The summed E-state index contributed by atoms with van der Waals surface area (Å²) in [5.74, 6) is 0.576. The predicted molar refractivity (Wildman–Crippen MR) is 59.4 cm³/mol. The van der Waals surface area contributed by atoms with Crippen molar-refractivity contribution >= 4 is 5.91 Å². The molecule has 1 fully saturated rings. The Morgan fingerprint density at radius 3 is 2.87 bits per heavy atom. The molecule has 86 valence electrons. The summed E-state index contributed by atoms with van der Waals surface area (Å²) in [6.07, 6.45) is 3.25. The third-order valence-corrected chi connectivity index (χ3v) is 2.73. The minimum Gasteiger partial charge on any atom is -0.393 e. The molecule has 0 radical (unpaired) electrons. The van der Waals surface area contributed by atoms with Crippen LogP contribution in [0.4, 0.5) is 0 Å². The van der Waals surface area contributed by atoms with Gasteiger partial charge in [0.2, 0.25) is 5.91 Å². The fourth-order valence-electron chi connectivity index (χ4n) is 1.75. The van der Waals surface area contributed by atoms with Crippen LogP contribution in [0.25, 0.3) is 0 Å². The summed E-state index contributed by atoms with van der Waals surface area (Å²) in [5, 5.41) is 12.1. The minimum absolute atomic E-state index is 0.0956. The molecule has 4 heteroatoms. The van der Waals surface area contributed by atoms with E-state index in [9.17, 15) is 4.79 Å². The lowest BCUT2D eigenvalue weighted by Crippen LogP contribution is -2.42. The zero-order chi connectivity index (χ0) is 11.3. The van der Waals surface area contributed by atoms with E-state index in [-0.39, 0.29) is 12.0 Å². The number of carbonyl (C=O) groups excluding carboxylic acids is 1. The number of hydrogen-bond acceptors (Lipinski definition) is 3. The van der Waals surface area contributed by atoms with Crippen LogP contribution in [0.1, 0.15) is 12.8 Å². The Bertz CT molecular complexity index is 225. The van der Waals surface area contributed by atoms with Crippen LogP contribution in [0.3, 0.4) is 0 Å². The van der Waals surface area contributed by atoms with Gasteiger partial charge in [0.15, 0.2) is 0 Å². The van der Waals surface area contributed by atoms with Gasteiger partial charge in [-0.05, 0) is 18.8 Å². The van der Waals surface area contributed by atoms with E-state index in [1.165, 1.54) is 0 Å². The molecule has 0 aliphatic heterocycles. The van der Waals surface area contributed by atoms with E-state index in [0.717, 1.165) is 19.4 Å². The van der Waals surface area contributed by atoms with Crippen molar-refractivity contribution in [2.75, 3.05) is 26.7 Å². The first-order chi connectivity index (χ1) is 7.13. The fourth-order valence-corrected chi connectivity index (χ4v) is 1.75.